The molecule has 3 heteroatoms. The molecule has 0 aromatic heterocycles. The Bertz CT molecular complexity index is 846. The number of hydrogen-bond acceptors (Lipinski definition) is 2. The molecule has 0 bridgehead atoms. The van der Waals surface area contributed by atoms with Gasteiger partial charge in [-0.2, -0.15) is 0 Å². The summed E-state index contributed by atoms with van der Waals surface area (Å²) in [7, 11) is 0. The van der Waals surface area contributed by atoms with Gasteiger partial charge in [-0.1, -0.05) is 55.5 Å². The molecule has 3 aromatic rings. The zero-order valence-corrected chi connectivity index (χ0v) is 14.8. The van der Waals surface area contributed by atoms with Crippen LogP contribution in [0.1, 0.15) is 31.4 Å². The third-order valence-corrected chi connectivity index (χ3v) is 4.58. The number of ether oxygens (including phenoxy) is 1. The average molecular weight is 337 g/mol. The molecule has 0 fully saturated rings. The van der Waals surface area contributed by atoms with Gasteiger partial charge in [-0.25, -0.2) is 4.39 Å². The second-order valence-electron chi connectivity index (χ2n) is 6.33. The van der Waals surface area contributed by atoms with Gasteiger partial charge < -0.3 is 10.1 Å². The van der Waals surface area contributed by atoms with Crippen LogP contribution in [0.5, 0.6) is 5.75 Å². The monoisotopic (exact) mass is 337 g/mol. The minimum Gasteiger partial charge on any atom is -0.488 e. The molecule has 0 saturated carbocycles. The van der Waals surface area contributed by atoms with E-state index in [0.29, 0.717) is 11.6 Å². The van der Waals surface area contributed by atoms with Crippen LogP contribution >= 0.6 is 0 Å². The molecule has 3 rings (SSSR count). The number of nitrogens with one attached hydrogen (secondary N) is 1. The third kappa shape index (κ3) is 4.18. The summed E-state index contributed by atoms with van der Waals surface area (Å²) in [4.78, 5) is 0. The Morgan fingerprint density at radius 2 is 1.76 bits per heavy atom. The lowest BCUT2D eigenvalue weighted by Crippen LogP contribution is -2.24. The Labute approximate surface area is 148 Å². The van der Waals surface area contributed by atoms with Gasteiger partial charge >= 0.3 is 0 Å². The Hall–Kier alpha value is -2.39. The van der Waals surface area contributed by atoms with Crippen molar-refractivity contribution < 1.29 is 9.13 Å². The quantitative estimate of drug-likeness (QED) is 0.619. The lowest BCUT2D eigenvalue weighted by atomic mass is 10.0. The van der Waals surface area contributed by atoms with E-state index in [1.807, 2.05) is 24.3 Å². The molecule has 0 spiro atoms. The van der Waals surface area contributed by atoms with Crippen molar-refractivity contribution in [2.24, 2.45) is 0 Å². The fourth-order valence-corrected chi connectivity index (χ4v) is 2.83. The molecule has 1 atom stereocenters. The molecule has 0 heterocycles. The van der Waals surface area contributed by atoms with Crippen molar-refractivity contribution in [1.82, 2.24) is 5.32 Å². The van der Waals surface area contributed by atoms with Gasteiger partial charge in [-0.15, -0.1) is 0 Å². The van der Waals surface area contributed by atoms with Crippen LogP contribution in [0.3, 0.4) is 0 Å². The average Bonchev–Trinajstić information content (AvgIpc) is 2.65. The highest BCUT2D eigenvalue weighted by Gasteiger charge is 2.11. The van der Waals surface area contributed by atoms with Gasteiger partial charge in [0, 0.05) is 23.7 Å². The number of halogens is 1. The van der Waals surface area contributed by atoms with E-state index in [0.717, 1.165) is 24.3 Å². The Morgan fingerprint density at radius 1 is 1.00 bits per heavy atom. The first-order valence-corrected chi connectivity index (χ1v) is 8.79. The second kappa shape index (κ2) is 8.13. The lowest BCUT2D eigenvalue weighted by molar-refractivity contribution is 0.296. The molecule has 0 aliphatic heterocycles. The van der Waals surface area contributed by atoms with Gasteiger partial charge in [-0.05, 0) is 36.2 Å². The zero-order valence-electron chi connectivity index (χ0n) is 14.8. The zero-order chi connectivity index (χ0) is 17.6. The normalized spacial score (nSPS) is 12.3. The van der Waals surface area contributed by atoms with Crippen molar-refractivity contribution in [3.63, 3.8) is 0 Å². The Kier molecular flexibility index (Phi) is 5.67. The molecule has 25 heavy (non-hydrogen) atoms. The summed E-state index contributed by atoms with van der Waals surface area (Å²) in [6.07, 6.45) is 1.07. The minimum atomic E-state index is -0.234. The van der Waals surface area contributed by atoms with Crippen LogP contribution in [0.25, 0.3) is 10.8 Å². The van der Waals surface area contributed by atoms with Crippen LogP contribution < -0.4 is 10.1 Å². The maximum atomic E-state index is 13.9. The van der Waals surface area contributed by atoms with Gasteiger partial charge in [0.25, 0.3) is 0 Å². The van der Waals surface area contributed by atoms with Crippen molar-refractivity contribution in [2.75, 3.05) is 0 Å². The van der Waals surface area contributed by atoms with E-state index < -0.39 is 0 Å². The fraction of sp³-hybridized carbons (Fsp3) is 0.273. The first kappa shape index (κ1) is 17.4. The van der Waals surface area contributed by atoms with Crippen molar-refractivity contribution in [3.8, 4) is 5.75 Å². The highest BCUT2D eigenvalue weighted by atomic mass is 19.1. The van der Waals surface area contributed by atoms with E-state index in [-0.39, 0.29) is 12.4 Å². The molecule has 3 aromatic carbocycles. The molecule has 0 radical (unpaired) electrons. The van der Waals surface area contributed by atoms with Crippen LogP contribution in [-0.4, -0.2) is 6.04 Å². The van der Waals surface area contributed by atoms with E-state index >= 15 is 0 Å². The summed E-state index contributed by atoms with van der Waals surface area (Å²) in [5.41, 5.74) is 1.69. The standard InChI is InChI=1S/C22H24FNO/c1-3-16(2)24-14-20-19-10-6-4-8-17(19)12-13-22(20)25-15-18-9-5-7-11-21(18)23/h4-13,16,24H,3,14-15H2,1-2H3/t16-/m1/s1. The molecule has 0 unspecified atom stereocenters. The second-order valence-corrected chi connectivity index (χ2v) is 6.33. The van der Waals surface area contributed by atoms with Gasteiger partial charge in [0.05, 0.1) is 0 Å². The smallest absolute Gasteiger partial charge is 0.129 e. The van der Waals surface area contributed by atoms with Crippen molar-refractivity contribution >= 4 is 10.8 Å². The summed E-state index contributed by atoms with van der Waals surface area (Å²) in [5.74, 6) is 0.570. The van der Waals surface area contributed by atoms with E-state index in [1.54, 1.807) is 12.1 Å². The van der Waals surface area contributed by atoms with Crippen molar-refractivity contribution in [3.05, 3.63) is 77.6 Å². The molecule has 130 valence electrons. The molecule has 1 N–H and O–H groups in total. The van der Waals surface area contributed by atoms with E-state index in [1.165, 1.54) is 16.8 Å². The number of fused-ring (bicyclic) bond motifs is 1. The Balaban J connectivity index is 1.89. The molecule has 0 aliphatic rings. The van der Waals surface area contributed by atoms with Gasteiger partial charge in [0.1, 0.15) is 18.2 Å². The predicted octanol–water partition coefficient (Wildman–Crippen LogP) is 5.45. The van der Waals surface area contributed by atoms with E-state index in [2.05, 4.69) is 37.4 Å². The summed E-state index contributed by atoms with van der Waals surface area (Å²) >= 11 is 0. The van der Waals surface area contributed by atoms with Crippen LogP contribution in [0.15, 0.2) is 60.7 Å². The number of hydrogen-bond donors (Lipinski definition) is 1. The largest absolute Gasteiger partial charge is 0.488 e. The van der Waals surface area contributed by atoms with Crippen molar-refractivity contribution in [1.29, 1.82) is 0 Å². The van der Waals surface area contributed by atoms with E-state index in [4.69, 9.17) is 4.74 Å². The summed E-state index contributed by atoms with van der Waals surface area (Å²) in [5, 5.41) is 5.89. The van der Waals surface area contributed by atoms with Gasteiger partial charge in [0.15, 0.2) is 0 Å². The predicted molar refractivity (Wildman–Crippen MR) is 101 cm³/mol. The molecule has 0 amide bonds. The molecule has 0 saturated heterocycles. The van der Waals surface area contributed by atoms with Crippen LogP contribution in [0.2, 0.25) is 0 Å². The van der Waals surface area contributed by atoms with E-state index in [9.17, 15) is 4.39 Å². The first-order chi connectivity index (χ1) is 12.2. The maximum Gasteiger partial charge on any atom is 0.129 e. The van der Waals surface area contributed by atoms with Crippen molar-refractivity contribution in [2.45, 2.75) is 39.5 Å². The van der Waals surface area contributed by atoms with Crippen LogP contribution in [-0.2, 0) is 13.2 Å². The summed E-state index contributed by atoms with van der Waals surface area (Å²) < 4.78 is 19.9. The molecule has 2 nitrogen and oxygen atoms in total. The van der Waals surface area contributed by atoms with Crippen LogP contribution in [0, 0.1) is 5.82 Å². The SMILES string of the molecule is CC[C@@H](C)NCc1c(OCc2ccccc2F)ccc2ccccc12. The lowest BCUT2D eigenvalue weighted by Gasteiger charge is -2.17. The highest BCUT2D eigenvalue weighted by Crippen LogP contribution is 2.29. The first-order valence-electron chi connectivity index (χ1n) is 8.79. The summed E-state index contributed by atoms with van der Waals surface area (Å²) in [6.45, 7) is 5.28. The maximum absolute atomic E-state index is 13.9. The van der Waals surface area contributed by atoms with Gasteiger partial charge in [-0.3, -0.25) is 0 Å². The number of rotatable bonds is 7. The van der Waals surface area contributed by atoms with Gasteiger partial charge in [0.2, 0.25) is 0 Å². The van der Waals surface area contributed by atoms with Crippen LogP contribution in [0.4, 0.5) is 4.39 Å². The summed E-state index contributed by atoms with van der Waals surface area (Å²) in [6, 6.07) is 19.5. The third-order valence-electron chi connectivity index (χ3n) is 4.58. The fourth-order valence-electron chi connectivity index (χ4n) is 2.83. The molecule has 0 aliphatic carbocycles. The number of benzene rings is 3. The molecular weight excluding hydrogens is 313 g/mol. The Morgan fingerprint density at radius 3 is 2.56 bits per heavy atom. The minimum absolute atomic E-state index is 0.224. The highest BCUT2D eigenvalue weighted by molar-refractivity contribution is 5.87. The molecular formula is C22H24FNO. The topological polar surface area (TPSA) is 21.3 Å².